The fraction of sp³-hybridized carbons (Fsp3) is 0.0357. The van der Waals surface area contributed by atoms with Crippen molar-refractivity contribution in [2.75, 3.05) is 0 Å². The maximum Gasteiger partial charge on any atom is -0.00206 e. The quantitative estimate of drug-likeness (QED) is 0.156. The molecule has 0 aromatic heterocycles. The summed E-state index contributed by atoms with van der Waals surface area (Å²) in [5, 5.41) is 10.7. The molecule has 0 radical (unpaired) electrons. The van der Waals surface area contributed by atoms with Gasteiger partial charge >= 0.3 is 0 Å². The zero-order chi connectivity index (χ0) is 36.7. The number of allylic oxidation sites excluding steroid dienone is 3. The van der Waals surface area contributed by atoms with Gasteiger partial charge in [-0.3, -0.25) is 0 Å². The average Bonchev–Trinajstić information content (AvgIpc) is 3.27. The molecule has 0 heteroatoms. The summed E-state index contributed by atoms with van der Waals surface area (Å²) in [6, 6.07) is 65.8. The summed E-state index contributed by atoms with van der Waals surface area (Å²) >= 11 is 0. The largest absolute Gasteiger partial charge is 0.0795 e. The normalized spacial score (nSPS) is 13.2. The highest BCUT2D eigenvalue weighted by molar-refractivity contribution is 6.25. The molecule has 0 amide bonds. The number of hydrogen-bond donors (Lipinski definition) is 0. The summed E-state index contributed by atoms with van der Waals surface area (Å²) in [5.41, 5.74) is 18.1. The molecule has 0 saturated carbocycles. The zero-order valence-corrected chi connectivity index (χ0v) is 30.9. The molecule has 0 aliphatic heterocycles. The van der Waals surface area contributed by atoms with Gasteiger partial charge in [-0.1, -0.05) is 182 Å². The molecule has 0 nitrogen and oxygen atoms in total. The third-order valence-electron chi connectivity index (χ3n) is 12.5. The van der Waals surface area contributed by atoms with E-state index < -0.39 is 0 Å². The number of benzene rings is 10. The van der Waals surface area contributed by atoms with Gasteiger partial charge in [0.25, 0.3) is 0 Å². The minimum absolute atomic E-state index is 1.00. The maximum atomic E-state index is 2.43. The van der Waals surface area contributed by atoms with Crippen molar-refractivity contribution in [2.45, 2.75) is 12.8 Å². The van der Waals surface area contributed by atoms with Gasteiger partial charge in [0.1, 0.15) is 0 Å². The standard InChI is InChI=1S/C56H36/c1-2-16-49(50-30-26-42-24-22-38-8-4-10-40-28-32-52(50)56(42)54(38)40)47(15-1)46-14-6-13-45(34-46)44-12-5-11-43(33-44)35-17-19-36(20-18-35)48-29-25-41-23-21-37-7-3-9-39-27-31-51(48)55(41)53(37)39/h1-7,9-23,25-34H,8,24H2. The third kappa shape index (κ3) is 4.79. The van der Waals surface area contributed by atoms with E-state index in [0.29, 0.717) is 0 Å². The van der Waals surface area contributed by atoms with E-state index in [1.54, 1.807) is 0 Å². The van der Waals surface area contributed by atoms with Gasteiger partial charge in [-0.25, -0.2) is 0 Å². The Morgan fingerprint density at radius 3 is 1.77 bits per heavy atom. The Labute approximate surface area is 326 Å². The first-order valence-corrected chi connectivity index (χ1v) is 19.8. The molecule has 0 fully saturated rings. The Kier molecular flexibility index (Phi) is 6.86. The molecule has 10 aromatic carbocycles. The first-order valence-electron chi connectivity index (χ1n) is 19.8. The topological polar surface area (TPSA) is 0 Å². The molecule has 0 bridgehead atoms. The number of rotatable bonds is 5. The zero-order valence-electron chi connectivity index (χ0n) is 30.9. The first-order chi connectivity index (χ1) is 27.7. The van der Waals surface area contributed by atoms with Crippen molar-refractivity contribution in [1.29, 1.82) is 0 Å². The summed E-state index contributed by atoms with van der Waals surface area (Å²) in [7, 11) is 0. The van der Waals surface area contributed by atoms with Crippen LogP contribution in [0.15, 0.2) is 188 Å². The molecule has 0 heterocycles. The SMILES string of the molecule is C1=Cc2ccc3c(-c4ccccc4-c4cccc(-c5cccc(-c6ccc(-c7ccc8ccc9cccc%10ccc7c8c9%10)cc6)c5)c4)ccc4c3c2C(=CC4)C1. The lowest BCUT2D eigenvalue weighted by atomic mass is 9.79. The Morgan fingerprint density at radius 2 is 0.946 bits per heavy atom. The summed E-state index contributed by atoms with van der Waals surface area (Å²) in [5.74, 6) is 0. The monoisotopic (exact) mass is 708 g/mol. The van der Waals surface area contributed by atoms with Crippen LogP contribution in [-0.2, 0) is 6.42 Å². The van der Waals surface area contributed by atoms with Crippen LogP contribution in [0, 0.1) is 0 Å². The van der Waals surface area contributed by atoms with Gasteiger partial charge in [0, 0.05) is 0 Å². The predicted octanol–water partition coefficient (Wildman–Crippen LogP) is 15.4. The lowest BCUT2D eigenvalue weighted by Gasteiger charge is -2.25. The van der Waals surface area contributed by atoms with E-state index in [-0.39, 0.29) is 0 Å². The minimum atomic E-state index is 1.00. The molecule has 12 rings (SSSR count). The summed E-state index contributed by atoms with van der Waals surface area (Å²) in [6.07, 6.45) is 9.06. The fourth-order valence-electron chi connectivity index (χ4n) is 9.80. The van der Waals surface area contributed by atoms with Crippen LogP contribution >= 0.6 is 0 Å². The van der Waals surface area contributed by atoms with E-state index in [2.05, 4.69) is 194 Å². The molecule has 0 spiro atoms. The minimum Gasteiger partial charge on any atom is -0.0795 e. The number of hydrogen-bond acceptors (Lipinski definition) is 0. The third-order valence-corrected chi connectivity index (χ3v) is 12.5. The van der Waals surface area contributed by atoms with Crippen molar-refractivity contribution in [2.24, 2.45) is 0 Å². The molecule has 0 atom stereocenters. The Bertz CT molecular complexity index is 3260. The fourth-order valence-corrected chi connectivity index (χ4v) is 9.80. The molecule has 10 aromatic rings. The van der Waals surface area contributed by atoms with Crippen LogP contribution in [0.1, 0.15) is 23.1 Å². The van der Waals surface area contributed by atoms with Gasteiger partial charge in [0.2, 0.25) is 0 Å². The van der Waals surface area contributed by atoms with Crippen LogP contribution in [0.25, 0.3) is 110 Å². The van der Waals surface area contributed by atoms with Crippen LogP contribution < -0.4 is 0 Å². The first kappa shape index (κ1) is 31.3. The van der Waals surface area contributed by atoms with Crippen molar-refractivity contribution < 1.29 is 0 Å². The Hall–Kier alpha value is -7.02. The van der Waals surface area contributed by atoms with E-state index in [9.17, 15) is 0 Å². The highest BCUT2D eigenvalue weighted by Crippen LogP contribution is 2.45. The molecule has 0 N–H and O–H groups in total. The van der Waals surface area contributed by atoms with E-state index in [1.807, 2.05) is 0 Å². The van der Waals surface area contributed by atoms with Gasteiger partial charge in [0.15, 0.2) is 0 Å². The average molecular weight is 709 g/mol. The second-order valence-electron chi connectivity index (χ2n) is 15.5. The van der Waals surface area contributed by atoms with E-state index in [4.69, 9.17) is 0 Å². The molecule has 260 valence electrons. The van der Waals surface area contributed by atoms with Gasteiger partial charge in [-0.15, -0.1) is 0 Å². The molecular formula is C56H36. The summed E-state index contributed by atoms with van der Waals surface area (Å²) < 4.78 is 0. The lowest BCUT2D eigenvalue weighted by Crippen LogP contribution is -2.03. The lowest BCUT2D eigenvalue weighted by molar-refractivity contribution is 1.23. The van der Waals surface area contributed by atoms with Gasteiger partial charge in [0.05, 0.1) is 0 Å². The maximum absolute atomic E-state index is 2.43. The smallest absolute Gasteiger partial charge is 0.00206 e. The molecule has 2 aliphatic rings. The second kappa shape index (κ2) is 12.2. The van der Waals surface area contributed by atoms with Crippen LogP contribution in [0.4, 0.5) is 0 Å². The highest BCUT2D eigenvalue weighted by Gasteiger charge is 2.22. The second-order valence-corrected chi connectivity index (χ2v) is 15.5. The Balaban J connectivity index is 0.896. The van der Waals surface area contributed by atoms with Gasteiger partial charge in [-0.2, -0.15) is 0 Å². The molecule has 56 heavy (non-hydrogen) atoms. The molecule has 0 saturated heterocycles. The van der Waals surface area contributed by atoms with Crippen molar-refractivity contribution in [3.63, 3.8) is 0 Å². The summed E-state index contributed by atoms with van der Waals surface area (Å²) in [6.45, 7) is 0. The van der Waals surface area contributed by atoms with Crippen molar-refractivity contribution in [3.05, 3.63) is 205 Å². The predicted molar refractivity (Wildman–Crippen MR) is 240 cm³/mol. The highest BCUT2D eigenvalue weighted by atomic mass is 14.3. The molecule has 2 aliphatic carbocycles. The van der Waals surface area contributed by atoms with Crippen LogP contribution in [0.3, 0.4) is 0 Å². The van der Waals surface area contributed by atoms with Crippen LogP contribution in [0.2, 0.25) is 0 Å². The van der Waals surface area contributed by atoms with Crippen molar-refractivity contribution in [3.8, 4) is 55.6 Å². The van der Waals surface area contributed by atoms with Crippen molar-refractivity contribution >= 4 is 54.7 Å². The summed E-state index contributed by atoms with van der Waals surface area (Å²) in [4.78, 5) is 0. The van der Waals surface area contributed by atoms with Gasteiger partial charge < -0.3 is 0 Å². The van der Waals surface area contributed by atoms with E-state index in [1.165, 1.54) is 121 Å². The van der Waals surface area contributed by atoms with E-state index in [0.717, 1.165) is 12.8 Å². The Morgan fingerprint density at radius 1 is 0.339 bits per heavy atom. The van der Waals surface area contributed by atoms with Crippen LogP contribution in [0.5, 0.6) is 0 Å². The van der Waals surface area contributed by atoms with Crippen LogP contribution in [-0.4, -0.2) is 0 Å². The van der Waals surface area contributed by atoms with E-state index >= 15 is 0 Å². The molecule has 0 unspecified atom stereocenters. The molecular weight excluding hydrogens is 673 g/mol. The van der Waals surface area contributed by atoms with Gasteiger partial charge in [-0.05, 0) is 146 Å². The van der Waals surface area contributed by atoms with Crippen molar-refractivity contribution in [1.82, 2.24) is 0 Å².